The molecule has 0 saturated heterocycles. The lowest BCUT2D eigenvalue weighted by Crippen LogP contribution is -2.33. The number of rotatable bonds is 1. The van der Waals surface area contributed by atoms with Crippen LogP contribution in [0.3, 0.4) is 0 Å². The quantitative estimate of drug-likeness (QED) is 0.703. The molecule has 0 heterocycles. The molecule has 1 aliphatic rings. The van der Waals surface area contributed by atoms with Crippen LogP contribution in [0.1, 0.15) is 36.0 Å². The van der Waals surface area contributed by atoms with Gasteiger partial charge in [-0.15, -0.1) is 0 Å². The van der Waals surface area contributed by atoms with Crippen molar-refractivity contribution < 1.29 is 0 Å². The number of nitriles is 1. The zero-order valence-corrected chi connectivity index (χ0v) is 9.86. The summed E-state index contributed by atoms with van der Waals surface area (Å²) >= 11 is 6.15. The lowest BCUT2D eigenvalue weighted by Gasteiger charge is -2.37. The molecule has 0 amide bonds. The van der Waals surface area contributed by atoms with E-state index >= 15 is 0 Å². The highest BCUT2D eigenvalue weighted by molar-refractivity contribution is 6.31. The van der Waals surface area contributed by atoms with E-state index < -0.39 is 0 Å². The Morgan fingerprint density at radius 2 is 2.00 bits per heavy atom. The highest BCUT2D eigenvalue weighted by Gasteiger charge is 2.40. The molecule has 1 aromatic carbocycles. The van der Waals surface area contributed by atoms with Gasteiger partial charge in [-0.05, 0) is 55.9 Å². The number of halogens is 1. The highest BCUT2D eigenvalue weighted by Crippen LogP contribution is 2.45. The third-order valence-corrected chi connectivity index (χ3v) is 3.82. The summed E-state index contributed by atoms with van der Waals surface area (Å²) < 4.78 is 0. The summed E-state index contributed by atoms with van der Waals surface area (Å²) in [6.07, 6.45) is 3.10. The second-order valence-corrected chi connectivity index (χ2v) is 4.87. The third kappa shape index (κ3) is 1.54. The van der Waals surface area contributed by atoms with Gasteiger partial charge in [0.05, 0.1) is 11.5 Å². The molecule has 0 atom stereocenters. The predicted molar refractivity (Wildman–Crippen MR) is 62.1 cm³/mol. The molecule has 0 aromatic heterocycles. The maximum atomic E-state index is 9.30. The Morgan fingerprint density at radius 3 is 2.47 bits per heavy atom. The SMILES string of the molecule is Cc1cc(Cl)c(C)c(C2(C#N)CCC2)c1. The molecule has 15 heavy (non-hydrogen) atoms. The topological polar surface area (TPSA) is 23.8 Å². The van der Waals surface area contributed by atoms with E-state index in [9.17, 15) is 5.26 Å². The standard InChI is InChI=1S/C13H14ClN/c1-9-6-11(10(2)12(14)7-9)13(8-15)4-3-5-13/h6-7H,3-5H2,1-2H3. The van der Waals surface area contributed by atoms with Crippen molar-refractivity contribution >= 4 is 11.6 Å². The number of hydrogen-bond acceptors (Lipinski definition) is 1. The van der Waals surface area contributed by atoms with Gasteiger partial charge in [-0.2, -0.15) is 5.26 Å². The van der Waals surface area contributed by atoms with Gasteiger partial charge in [0, 0.05) is 5.02 Å². The summed E-state index contributed by atoms with van der Waals surface area (Å²) in [6.45, 7) is 4.03. The number of aryl methyl sites for hydroxylation is 1. The van der Waals surface area contributed by atoms with Crippen LogP contribution in [0.2, 0.25) is 5.02 Å². The van der Waals surface area contributed by atoms with E-state index in [1.807, 2.05) is 19.9 Å². The van der Waals surface area contributed by atoms with Crippen LogP contribution in [0.5, 0.6) is 0 Å². The van der Waals surface area contributed by atoms with Crippen molar-refractivity contribution in [3.8, 4) is 6.07 Å². The predicted octanol–water partition coefficient (Wildman–Crippen LogP) is 3.90. The van der Waals surface area contributed by atoms with E-state index in [0.29, 0.717) is 0 Å². The van der Waals surface area contributed by atoms with Gasteiger partial charge in [0.1, 0.15) is 0 Å². The fourth-order valence-corrected chi connectivity index (χ4v) is 2.56. The Bertz CT molecular complexity index is 439. The fourth-order valence-electron chi connectivity index (χ4n) is 2.28. The van der Waals surface area contributed by atoms with Gasteiger partial charge in [-0.25, -0.2) is 0 Å². The first kappa shape index (κ1) is 10.5. The van der Waals surface area contributed by atoms with Crippen molar-refractivity contribution in [3.63, 3.8) is 0 Å². The molecular weight excluding hydrogens is 206 g/mol. The van der Waals surface area contributed by atoms with Gasteiger partial charge in [-0.1, -0.05) is 17.7 Å². The first-order valence-electron chi connectivity index (χ1n) is 5.27. The molecule has 1 fully saturated rings. The molecule has 1 aliphatic carbocycles. The van der Waals surface area contributed by atoms with Crippen LogP contribution < -0.4 is 0 Å². The second-order valence-electron chi connectivity index (χ2n) is 4.47. The van der Waals surface area contributed by atoms with E-state index in [4.69, 9.17) is 11.6 Å². The van der Waals surface area contributed by atoms with Gasteiger partial charge in [-0.3, -0.25) is 0 Å². The monoisotopic (exact) mass is 219 g/mol. The molecule has 2 heteroatoms. The minimum absolute atomic E-state index is 0.250. The van der Waals surface area contributed by atoms with Crippen molar-refractivity contribution in [3.05, 3.63) is 33.8 Å². The molecule has 0 unspecified atom stereocenters. The average Bonchev–Trinajstić information content (AvgIpc) is 2.12. The molecule has 1 nitrogen and oxygen atoms in total. The van der Waals surface area contributed by atoms with Crippen LogP contribution in [0.4, 0.5) is 0 Å². The Morgan fingerprint density at radius 1 is 1.33 bits per heavy atom. The Hall–Kier alpha value is -1.00. The molecule has 0 spiro atoms. The van der Waals surface area contributed by atoms with Crippen LogP contribution in [-0.2, 0) is 5.41 Å². The first-order valence-corrected chi connectivity index (χ1v) is 5.65. The minimum atomic E-state index is -0.250. The summed E-state index contributed by atoms with van der Waals surface area (Å²) in [7, 11) is 0. The lowest BCUT2D eigenvalue weighted by atomic mass is 9.64. The smallest absolute Gasteiger partial charge is 0.0825 e. The Labute approximate surface area is 95.7 Å². The summed E-state index contributed by atoms with van der Waals surface area (Å²) in [5, 5.41) is 10.1. The minimum Gasteiger partial charge on any atom is -0.197 e. The maximum absolute atomic E-state index is 9.30. The van der Waals surface area contributed by atoms with Crippen LogP contribution in [0, 0.1) is 25.2 Å². The van der Waals surface area contributed by atoms with E-state index in [2.05, 4.69) is 12.1 Å². The second kappa shape index (κ2) is 3.54. The van der Waals surface area contributed by atoms with Gasteiger partial charge < -0.3 is 0 Å². The lowest BCUT2D eigenvalue weighted by molar-refractivity contribution is 0.322. The van der Waals surface area contributed by atoms with Crippen LogP contribution in [-0.4, -0.2) is 0 Å². The third-order valence-electron chi connectivity index (χ3n) is 3.43. The number of hydrogen-bond donors (Lipinski definition) is 0. The summed E-state index contributed by atoms with van der Waals surface area (Å²) in [5.41, 5.74) is 3.10. The van der Waals surface area contributed by atoms with Crippen molar-refractivity contribution in [2.45, 2.75) is 38.5 Å². The van der Waals surface area contributed by atoms with Gasteiger partial charge in [0.2, 0.25) is 0 Å². The number of nitrogens with zero attached hydrogens (tertiary/aromatic N) is 1. The summed E-state index contributed by atoms with van der Waals surface area (Å²) in [6, 6.07) is 6.54. The maximum Gasteiger partial charge on any atom is 0.0825 e. The van der Waals surface area contributed by atoms with Gasteiger partial charge >= 0.3 is 0 Å². The molecule has 1 saturated carbocycles. The largest absolute Gasteiger partial charge is 0.197 e. The molecular formula is C13H14ClN. The van der Waals surface area contributed by atoms with Crippen LogP contribution in [0.15, 0.2) is 12.1 Å². The first-order chi connectivity index (χ1) is 7.09. The van der Waals surface area contributed by atoms with Crippen molar-refractivity contribution in [2.75, 3.05) is 0 Å². The summed E-state index contributed by atoms with van der Waals surface area (Å²) in [5.74, 6) is 0. The van der Waals surface area contributed by atoms with Crippen LogP contribution >= 0.6 is 11.6 Å². The van der Waals surface area contributed by atoms with Gasteiger partial charge in [0.25, 0.3) is 0 Å². The molecule has 0 radical (unpaired) electrons. The van der Waals surface area contributed by atoms with E-state index in [1.54, 1.807) is 0 Å². The molecule has 78 valence electrons. The highest BCUT2D eigenvalue weighted by atomic mass is 35.5. The van der Waals surface area contributed by atoms with Crippen molar-refractivity contribution in [1.29, 1.82) is 5.26 Å². The fraction of sp³-hybridized carbons (Fsp3) is 0.462. The van der Waals surface area contributed by atoms with Crippen LogP contribution in [0.25, 0.3) is 0 Å². The van der Waals surface area contributed by atoms with Gasteiger partial charge in [0.15, 0.2) is 0 Å². The molecule has 0 N–H and O–H groups in total. The number of benzene rings is 1. The normalized spacial score (nSPS) is 18.0. The van der Waals surface area contributed by atoms with Crippen molar-refractivity contribution in [2.24, 2.45) is 0 Å². The van der Waals surface area contributed by atoms with Crippen molar-refractivity contribution in [1.82, 2.24) is 0 Å². The zero-order valence-electron chi connectivity index (χ0n) is 9.10. The Kier molecular flexibility index (Phi) is 2.48. The molecule has 0 aliphatic heterocycles. The molecule has 1 aromatic rings. The average molecular weight is 220 g/mol. The zero-order chi connectivity index (χ0) is 11.1. The van der Waals surface area contributed by atoms with E-state index in [0.717, 1.165) is 41.0 Å². The molecule has 0 bridgehead atoms. The van der Waals surface area contributed by atoms with E-state index in [-0.39, 0.29) is 5.41 Å². The molecule has 2 rings (SSSR count). The Balaban J connectivity index is 2.57. The van der Waals surface area contributed by atoms with E-state index in [1.165, 1.54) is 0 Å². The summed E-state index contributed by atoms with van der Waals surface area (Å²) in [4.78, 5) is 0.